The van der Waals surface area contributed by atoms with Crippen LogP contribution in [-0.2, 0) is 21.5 Å². The van der Waals surface area contributed by atoms with Crippen molar-refractivity contribution in [3.63, 3.8) is 0 Å². The highest BCUT2D eigenvalue weighted by Gasteiger charge is 2.52. The second-order valence-corrected chi connectivity index (χ2v) is 7.50. The normalized spacial score (nSPS) is 26.6. The summed E-state index contributed by atoms with van der Waals surface area (Å²) in [5.41, 5.74) is 2.34. The lowest BCUT2D eigenvalue weighted by atomic mass is 9.59. The first kappa shape index (κ1) is 13.7. The van der Waals surface area contributed by atoms with Crippen LogP contribution in [0, 0.1) is 5.41 Å². The van der Waals surface area contributed by atoms with Gasteiger partial charge >= 0.3 is 5.97 Å². The van der Waals surface area contributed by atoms with E-state index in [1.807, 2.05) is 0 Å². The zero-order chi connectivity index (χ0) is 15.7. The quantitative estimate of drug-likeness (QED) is 0.689. The maximum Gasteiger partial charge on any atom is 0.341 e. The van der Waals surface area contributed by atoms with Crippen LogP contribution in [-0.4, -0.2) is 30.0 Å². The molecule has 0 atom stereocenters. The fourth-order valence-electron chi connectivity index (χ4n) is 4.83. The number of nitrogens with zero attached hydrogens (tertiary/aromatic N) is 1. The van der Waals surface area contributed by atoms with E-state index in [1.54, 1.807) is 6.20 Å². The van der Waals surface area contributed by atoms with Crippen LogP contribution in [0.25, 0.3) is 0 Å². The number of esters is 1. The molecule has 1 aromatic rings. The third-order valence-corrected chi connectivity index (χ3v) is 6.19. The fraction of sp³-hybridized carbons (Fsp3) is 0.611. The Morgan fingerprint density at radius 2 is 1.83 bits per heavy atom. The second kappa shape index (κ2) is 4.41. The molecule has 5 heteroatoms. The first-order valence-electron chi connectivity index (χ1n) is 8.49. The summed E-state index contributed by atoms with van der Waals surface area (Å²) in [7, 11) is 0. The number of Topliss-reactive ketones (excluding diaryl/α,β-unsaturated/α-hetero) is 1. The summed E-state index contributed by atoms with van der Waals surface area (Å²) in [6.45, 7) is 1.11. The van der Waals surface area contributed by atoms with Crippen LogP contribution >= 0.6 is 0 Å². The molecule has 1 aromatic heterocycles. The molecule has 5 nitrogen and oxygen atoms in total. The molecule has 120 valence electrons. The van der Waals surface area contributed by atoms with E-state index in [2.05, 4.69) is 4.98 Å². The highest BCUT2D eigenvalue weighted by atomic mass is 16.6. The van der Waals surface area contributed by atoms with E-state index in [-0.39, 0.29) is 17.2 Å². The monoisotopic (exact) mass is 313 g/mol. The summed E-state index contributed by atoms with van der Waals surface area (Å²) in [6, 6.07) is 0. The predicted molar refractivity (Wildman–Crippen MR) is 80.3 cm³/mol. The lowest BCUT2D eigenvalue weighted by Gasteiger charge is -2.45. The summed E-state index contributed by atoms with van der Waals surface area (Å²) in [5.74, 6) is -0.187. The number of hydrogen-bond acceptors (Lipinski definition) is 5. The Balaban J connectivity index is 1.69. The van der Waals surface area contributed by atoms with E-state index in [0.29, 0.717) is 43.6 Å². The standard InChI is InChI=1S/C18H19NO4/c20-13-9-17(2-1-3-17)8-12-14(13)15-11(10-19-12)16(21)23-18(15)4-6-22-7-5-18/h10H,1-9H2. The van der Waals surface area contributed by atoms with Gasteiger partial charge in [-0.05, 0) is 24.7 Å². The zero-order valence-electron chi connectivity index (χ0n) is 13.0. The van der Waals surface area contributed by atoms with E-state index in [4.69, 9.17) is 9.47 Å². The van der Waals surface area contributed by atoms with Gasteiger partial charge in [0, 0.05) is 36.6 Å². The minimum atomic E-state index is -0.669. The molecule has 1 saturated carbocycles. The number of pyridine rings is 1. The SMILES string of the molecule is O=C1OC2(CCOCC2)c2c1cnc1c2C(=O)CC2(CCC2)C1. The molecule has 2 aliphatic carbocycles. The Labute approximate surface area is 134 Å². The molecule has 23 heavy (non-hydrogen) atoms. The second-order valence-electron chi connectivity index (χ2n) is 7.50. The zero-order valence-corrected chi connectivity index (χ0v) is 13.0. The van der Waals surface area contributed by atoms with E-state index in [9.17, 15) is 9.59 Å². The maximum atomic E-state index is 12.9. The Bertz CT molecular complexity index is 729. The van der Waals surface area contributed by atoms with Gasteiger partial charge in [-0.25, -0.2) is 4.79 Å². The molecule has 2 fully saturated rings. The maximum absolute atomic E-state index is 12.9. The van der Waals surface area contributed by atoms with Crippen molar-refractivity contribution in [3.8, 4) is 0 Å². The molecular weight excluding hydrogens is 294 g/mol. The van der Waals surface area contributed by atoms with Crippen molar-refractivity contribution in [2.75, 3.05) is 13.2 Å². The molecule has 0 bridgehead atoms. The molecule has 1 saturated heterocycles. The summed E-state index contributed by atoms with van der Waals surface area (Å²) < 4.78 is 11.2. The van der Waals surface area contributed by atoms with Gasteiger partial charge in [0.05, 0.1) is 24.5 Å². The van der Waals surface area contributed by atoms with Gasteiger partial charge in [0.25, 0.3) is 0 Å². The van der Waals surface area contributed by atoms with Crippen molar-refractivity contribution in [2.24, 2.45) is 5.41 Å². The Morgan fingerprint density at radius 3 is 2.52 bits per heavy atom. The van der Waals surface area contributed by atoms with Crippen LogP contribution in [0.1, 0.15) is 70.5 Å². The molecular formula is C18H19NO4. The van der Waals surface area contributed by atoms with E-state index in [0.717, 1.165) is 30.5 Å². The molecule has 2 spiro atoms. The predicted octanol–water partition coefficient (Wildman–Crippen LogP) is 2.56. The Morgan fingerprint density at radius 1 is 1.04 bits per heavy atom. The van der Waals surface area contributed by atoms with Crippen molar-refractivity contribution in [3.05, 3.63) is 28.6 Å². The highest BCUT2D eigenvalue weighted by molar-refractivity contribution is 6.05. The number of aromatic nitrogens is 1. The van der Waals surface area contributed by atoms with Gasteiger partial charge in [-0.2, -0.15) is 0 Å². The number of fused-ring (bicyclic) bond motifs is 4. The van der Waals surface area contributed by atoms with E-state index >= 15 is 0 Å². The smallest absolute Gasteiger partial charge is 0.341 e. The molecule has 0 N–H and O–H groups in total. The molecule has 2 aliphatic heterocycles. The van der Waals surface area contributed by atoms with Crippen LogP contribution in [0.2, 0.25) is 0 Å². The van der Waals surface area contributed by atoms with Gasteiger partial charge < -0.3 is 9.47 Å². The largest absolute Gasteiger partial charge is 0.450 e. The van der Waals surface area contributed by atoms with Gasteiger partial charge in [0.15, 0.2) is 5.78 Å². The number of ether oxygens (including phenoxy) is 2. The van der Waals surface area contributed by atoms with Crippen molar-refractivity contribution < 1.29 is 19.1 Å². The first-order chi connectivity index (χ1) is 11.1. The van der Waals surface area contributed by atoms with Crippen LogP contribution in [0.4, 0.5) is 0 Å². The summed E-state index contributed by atoms with van der Waals surface area (Å²) >= 11 is 0. The lowest BCUT2D eigenvalue weighted by molar-refractivity contribution is -0.0738. The van der Waals surface area contributed by atoms with Crippen molar-refractivity contribution >= 4 is 11.8 Å². The van der Waals surface area contributed by atoms with Gasteiger partial charge in [-0.3, -0.25) is 9.78 Å². The molecule has 3 heterocycles. The Hall–Kier alpha value is -1.75. The Kier molecular flexibility index (Phi) is 2.62. The van der Waals surface area contributed by atoms with Crippen LogP contribution in [0.5, 0.6) is 0 Å². The van der Waals surface area contributed by atoms with Crippen molar-refractivity contribution in [1.29, 1.82) is 0 Å². The lowest BCUT2D eigenvalue weighted by Crippen LogP contribution is -2.41. The molecule has 5 rings (SSSR count). The first-order valence-corrected chi connectivity index (χ1v) is 8.49. The van der Waals surface area contributed by atoms with Crippen LogP contribution < -0.4 is 0 Å². The summed E-state index contributed by atoms with van der Waals surface area (Å²) in [6.07, 6.45) is 7.78. The van der Waals surface area contributed by atoms with Crippen LogP contribution in [0.15, 0.2) is 6.20 Å². The molecule has 0 radical (unpaired) electrons. The van der Waals surface area contributed by atoms with Gasteiger partial charge in [-0.15, -0.1) is 0 Å². The third-order valence-electron chi connectivity index (χ3n) is 6.19. The molecule has 0 unspecified atom stereocenters. The minimum absolute atomic E-state index is 0.137. The number of carbonyl (C=O) groups is 2. The van der Waals surface area contributed by atoms with Gasteiger partial charge in [0.2, 0.25) is 0 Å². The number of carbonyl (C=O) groups excluding carboxylic acids is 2. The van der Waals surface area contributed by atoms with Gasteiger partial charge in [-0.1, -0.05) is 6.42 Å². The topological polar surface area (TPSA) is 65.5 Å². The average Bonchev–Trinajstić information content (AvgIpc) is 2.78. The molecule has 0 amide bonds. The molecule has 4 aliphatic rings. The number of hydrogen-bond donors (Lipinski definition) is 0. The van der Waals surface area contributed by atoms with Crippen molar-refractivity contribution in [1.82, 2.24) is 4.98 Å². The van der Waals surface area contributed by atoms with Gasteiger partial charge in [0.1, 0.15) is 5.60 Å². The fourth-order valence-corrected chi connectivity index (χ4v) is 4.83. The highest BCUT2D eigenvalue weighted by Crippen LogP contribution is 2.53. The van der Waals surface area contributed by atoms with E-state index in [1.165, 1.54) is 6.42 Å². The minimum Gasteiger partial charge on any atom is -0.450 e. The van der Waals surface area contributed by atoms with Crippen molar-refractivity contribution in [2.45, 2.75) is 50.5 Å². The third kappa shape index (κ3) is 1.74. The number of rotatable bonds is 0. The molecule has 0 aromatic carbocycles. The average molecular weight is 313 g/mol. The number of ketones is 1. The summed E-state index contributed by atoms with van der Waals surface area (Å²) in [4.78, 5) is 29.8. The van der Waals surface area contributed by atoms with E-state index < -0.39 is 5.60 Å². The summed E-state index contributed by atoms with van der Waals surface area (Å²) in [5, 5.41) is 0. The van der Waals surface area contributed by atoms with Crippen LogP contribution in [0.3, 0.4) is 0 Å².